The lowest BCUT2D eigenvalue weighted by Crippen LogP contribution is -2.24. The normalized spacial score (nSPS) is 10.6. The van der Waals surface area contributed by atoms with E-state index in [1.54, 1.807) is 20.3 Å². The fourth-order valence-electron chi connectivity index (χ4n) is 3.06. The predicted molar refractivity (Wildman–Crippen MR) is 114 cm³/mol. The Kier molecular flexibility index (Phi) is 7.43. The summed E-state index contributed by atoms with van der Waals surface area (Å²) in [5.74, 6) is 2.62. The van der Waals surface area contributed by atoms with Gasteiger partial charge in [0.25, 0.3) is 5.91 Å². The maximum atomic E-state index is 12.2. The lowest BCUT2D eigenvalue weighted by Gasteiger charge is -2.08. The molecular formula is C23H27N3O4. The molecule has 0 unspecified atom stereocenters. The number of aromatic nitrogens is 2. The molecule has 7 nitrogen and oxygen atoms in total. The number of ether oxygens (including phenoxy) is 2. The molecule has 158 valence electrons. The fourth-order valence-corrected chi connectivity index (χ4v) is 3.06. The molecule has 0 saturated heterocycles. The van der Waals surface area contributed by atoms with Crippen LogP contribution < -0.4 is 14.8 Å². The topological polar surface area (TPSA) is 86.5 Å². The molecule has 3 rings (SSSR count). The van der Waals surface area contributed by atoms with Crippen molar-refractivity contribution in [2.45, 2.75) is 32.6 Å². The van der Waals surface area contributed by atoms with Crippen LogP contribution in [-0.4, -0.2) is 36.8 Å². The average molecular weight is 409 g/mol. The number of amides is 1. The van der Waals surface area contributed by atoms with Gasteiger partial charge in [0.2, 0.25) is 11.7 Å². The SMILES string of the molecule is COc1ccc(-c2noc(CCCCCNC(=O)c3ccc(C)c(OC)c3)n2)cc1. The van der Waals surface area contributed by atoms with Crippen LogP contribution in [0.3, 0.4) is 0 Å². The standard InChI is InChI=1S/C23H27N3O4/c1-16-8-9-18(15-20(16)29-3)23(27)24-14-6-4-5-7-21-25-22(26-30-21)17-10-12-19(28-2)13-11-17/h8-13,15H,4-7,14H2,1-3H3,(H,24,27). The highest BCUT2D eigenvalue weighted by atomic mass is 16.5. The zero-order valence-corrected chi connectivity index (χ0v) is 17.6. The van der Waals surface area contributed by atoms with E-state index >= 15 is 0 Å². The van der Waals surface area contributed by atoms with Crippen LogP contribution in [0, 0.1) is 6.92 Å². The Morgan fingerprint density at radius 3 is 2.57 bits per heavy atom. The van der Waals surface area contributed by atoms with Crippen LogP contribution in [0.4, 0.5) is 0 Å². The number of aryl methyl sites for hydroxylation is 2. The molecule has 0 bridgehead atoms. The van der Waals surface area contributed by atoms with Crippen molar-refractivity contribution in [3.05, 3.63) is 59.5 Å². The largest absolute Gasteiger partial charge is 0.497 e. The van der Waals surface area contributed by atoms with Crippen molar-refractivity contribution >= 4 is 5.91 Å². The van der Waals surface area contributed by atoms with E-state index in [2.05, 4.69) is 15.5 Å². The summed E-state index contributed by atoms with van der Waals surface area (Å²) in [6.45, 7) is 2.57. The Labute approximate surface area is 176 Å². The third-order valence-electron chi connectivity index (χ3n) is 4.84. The van der Waals surface area contributed by atoms with Crippen molar-refractivity contribution in [1.29, 1.82) is 0 Å². The minimum absolute atomic E-state index is 0.0886. The molecule has 0 aliphatic rings. The third kappa shape index (κ3) is 5.59. The molecule has 3 aromatic rings. The van der Waals surface area contributed by atoms with Gasteiger partial charge in [-0.1, -0.05) is 17.6 Å². The van der Waals surface area contributed by atoms with Gasteiger partial charge in [0, 0.05) is 24.1 Å². The van der Waals surface area contributed by atoms with Gasteiger partial charge >= 0.3 is 0 Å². The van der Waals surface area contributed by atoms with E-state index in [0.717, 1.165) is 41.9 Å². The maximum Gasteiger partial charge on any atom is 0.251 e. The Bertz CT molecular complexity index is 967. The van der Waals surface area contributed by atoms with Crippen LogP contribution in [0.25, 0.3) is 11.4 Å². The van der Waals surface area contributed by atoms with Gasteiger partial charge in [-0.2, -0.15) is 4.98 Å². The molecule has 1 aromatic heterocycles. The van der Waals surface area contributed by atoms with Gasteiger partial charge in [-0.3, -0.25) is 4.79 Å². The first-order chi connectivity index (χ1) is 14.6. The van der Waals surface area contributed by atoms with Crippen molar-refractivity contribution in [1.82, 2.24) is 15.5 Å². The summed E-state index contributed by atoms with van der Waals surface area (Å²) < 4.78 is 15.8. The number of hydrogen-bond donors (Lipinski definition) is 1. The van der Waals surface area contributed by atoms with Gasteiger partial charge in [0.1, 0.15) is 11.5 Å². The quantitative estimate of drug-likeness (QED) is 0.505. The van der Waals surface area contributed by atoms with Crippen LogP contribution >= 0.6 is 0 Å². The lowest BCUT2D eigenvalue weighted by atomic mass is 10.1. The number of rotatable bonds is 10. The molecule has 7 heteroatoms. The van der Waals surface area contributed by atoms with Crippen molar-refractivity contribution < 1.29 is 18.8 Å². The second kappa shape index (κ2) is 10.4. The molecule has 1 heterocycles. The van der Waals surface area contributed by atoms with Crippen LogP contribution in [0.15, 0.2) is 47.0 Å². The summed E-state index contributed by atoms with van der Waals surface area (Å²) >= 11 is 0. The molecule has 30 heavy (non-hydrogen) atoms. The van der Waals surface area contributed by atoms with Crippen molar-refractivity contribution in [2.24, 2.45) is 0 Å². The van der Waals surface area contributed by atoms with Crippen LogP contribution in [0.5, 0.6) is 11.5 Å². The Hall–Kier alpha value is -3.35. The number of methoxy groups -OCH3 is 2. The van der Waals surface area contributed by atoms with Gasteiger partial charge in [0.15, 0.2) is 0 Å². The zero-order chi connectivity index (χ0) is 21.3. The summed E-state index contributed by atoms with van der Waals surface area (Å²) in [5.41, 5.74) is 2.50. The number of carbonyl (C=O) groups excluding carboxylic acids is 1. The third-order valence-corrected chi connectivity index (χ3v) is 4.84. The molecule has 1 N–H and O–H groups in total. The van der Waals surface area contributed by atoms with Gasteiger partial charge < -0.3 is 19.3 Å². The van der Waals surface area contributed by atoms with Crippen LogP contribution in [-0.2, 0) is 6.42 Å². The molecule has 2 aromatic carbocycles. The predicted octanol–water partition coefficient (Wildman–Crippen LogP) is 4.21. The molecule has 0 saturated carbocycles. The van der Waals surface area contributed by atoms with Gasteiger partial charge in [-0.15, -0.1) is 0 Å². The highest BCUT2D eigenvalue weighted by Gasteiger charge is 2.10. The van der Waals surface area contributed by atoms with E-state index in [0.29, 0.717) is 30.2 Å². The van der Waals surface area contributed by atoms with E-state index < -0.39 is 0 Å². The summed E-state index contributed by atoms with van der Waals surface area (Å²) in [5, 5.41) is 6.99. The van der Waals surface area contributed by atoms with Crippen LogP contribution in [0.2, 0.25) is 0 Å². The first-order valence-electron chi connectivity index (χ1n) is 10.0. The van der Waals surface area contributed by atoms with Gasteiger partial charge in [0.05, 0.1) is 14.2 Å². The summed E-state index contributed by atoms with van der Waals surface area (Å²) in [6.07, 6.45) is 3.47. The van der Waals surface area contributed by atoms with E-state index in [4.69, 9.17) is 14.0 Å². The number of carbonyl (C=O) groups is 1. The second-order valence-corrected chi connectivity index (χ2v) is 6.99. The smallest absolute Gasteiger partial charge is 0.251 e. The van der Waals surface area contributed by atoms with Gasteiger partial charge in [-0.25, -0.2) is 0 Å². The number of nitrogens with one attached hydrogen (secondary N) is 1. The maximum absolute atomic E-state index is 12.2. The zero-order valence-electron chi connectivity index (χ0n) is 17.6. The van der Waals surface area contributed by atoms with Crippen LogP contribution in [0.1, 0.15) is 41.1 Å². The highest BCUT2D eigenvalue weighted by Crippen LogP contribution is 2.20. The molecule has 0 atom stereocenters. The molecule has 0 aliphatic carbocycles. The van der Waals surface area contributed by atoms with Gasteiger partial charge in [-0.05, 0) is 61.7 Å². The van der Waals surface area contributed by atoms with Crippen molar-refractivity contribution in [3.8, 4) is 22.9 Å². The summed E-state index contributed by atoms with van der Waals surface area (Å²) in [6, 6.07) is 13.0. The minimum Gasteiger partial charge on any atom is -0.497 e. The lowest BCUT2D eigenvalue weighted by molar-refractivity contribution is 0.0952. The summed E-state index contributed by atoms with van der Waals surface area (Å²) in [7, 11) is 3.24. The molecule has 1 amide bonds. The molecule has 0 fully saturated rings. The Morgan fingerprint density at radius 2 is 1.83 bits per heavy atom. The number of hydrogen-bond acceptors (Lipinski definition) is 6. The van der Waals surface area contributed by atoms with E-state index in [-0.39, 0.29) is 5.91 Å². The Balaban J connectivity index is 1.37. The van der Waals surface area contributed by atoms with E-state index in [1.807, 2.05) is 43.3 Å². The first-order valence-corrected chi connectivity index (χ1v) is 10.0. The highest BCUT2D eigenvalue weighted by molar-refractivity contribution is 5.94. The number of unbranched alkanes of at least 4 members (excludes halogenated alkanes) is 2. The first kappa shape index (κ1) is 21.4. The molecule has 0 radical (unpaired) electrons. The monoisotopic (exact) mass is 409 g/mol. The van der Waals surface area contributed by atoms with E-state index in [9.17, 15) is 4.79 Å². The fraction of sp³-hybridized carbons (Fsp3) is 0.348. The molecular weight excluding hydrogens is 382 g/mol. The van der Waals surface area contributed by atoms with Crippen molar-refractivity contribution in [2.75, 3.05) is 20.8 Å². The van der Waals surface area contributed by atoms with E-state index in [1.165, 1.54) is 0 Å². The summed E-state index contributed by atoms with van der Waals surface area (Å²) in [4.78, 5) is 16.7. The minimum atomic E-state index is -0.0886. The number of benzene rings is 2. The van der Waals surface area contributed by atoms with Crippen molar-refractivity contribution in [3.63, 3.8) is 0 Å². The molecule has 0 spiro atoms. The average Bonchev–Trinajstić information content (AvgIpc) is 3.25. The number of nitrogens with zero attached hydrogens (tertiary/aromatic N) is 2. The molecule has 0 aliphatic heterocycles. The Morgan fingerprint density at radius 1 is 1.03 bits per heavy atom. The second-order valence-electron chi connectivity index (χ2n) is 6.99.